The van der Waals surface area contributed by atoms with Gasteiger partial charge in [-0.2, -0.15) is 0 Å². The summed E-state index contributed by atoms with van der Waals surface area (Å²) >= 11 is 0. The maximum absolute atomic E-state index is 13.9. The molecule has 2 N–H and O–H groups in total. The Morgan fingerprint density at radius 2 is 1.85 bits per heavy atom. The Morgan fingerprint density at radius 1 is 1.09 bits per heavy atom. The molecular weight excluding hydrogens is 441 g/mol. The molecule has 33 heavy (non-hydrogen) atoms. The van der Waals surface area contributed by atoms with Gasteiger partial charge >= 0.3 is 0 Å². The third-order valence-corrected chi connectivity index (χ3v) is 7.59. The SMILES string of the molecule is COc1ccc(S(=O)(=O)NCC(C)(C)c2cccc3ccc(F)cc23)cc1N1CCNCC1. The lowest BCUT2D eigenvalue weighted by Crippen LogP contribution is -2.43. The van der Waals surface area contributed by atoms with E-state index in [1.54, 1.807) is 31.4 Å². The Morgan fingerprint density at radius 3 is 2.58 bits per heavy atom. The lowest BCUT2D eigenvalue weighted by Gasteiger charge is -2.31. The van der Waals surface area contributed by atoms with Crippen molar-refractivity contribution < 1.29 is 17.5 Å². The van der Waals surface area contributed by atoms with Crippen LogP contribution in [0.4, 0.5) is 10.1 Å². The van der Waals surface area contributed by atoms with E-state index in [1.165, 1.54) is 12.1 Å². The van der Waals surface area contributed by atoms with Crippen molar-refractivity contribution in [3.8, 4) is 5.75 Å². The van der Waals surface area contributed by atoms with E-state index < -0.39 is 15.4 Å². The van der Waals surface area contributed by atoms with E-state index in [2.05, 4.69) is 14.9 Å². The highest BCUT2D eigenvalue weighted by atomic mass is 32.2. The molecule has 1 saturated heterocycles. The van der Waals surface area contributed by atoms with Gasteiger partial charge in [-0.3, -0.25) is 0 Å². The summed E-state index contributed by atoms with van der Waals surface area (Å²) in [4.78, 5) is 2.32. The quantitative estimate of drug-likeness (QED) is 0.551. The standard InChI is InChI=1S/C25H30FN3O3S/c1-25(2,22-6-4-5-18-7-8-19(26)15-21(18)22)17-28-33(30,31)20-9-10-24(32-3)23(16-20)29-13-11-27-12-14-29/h4-10,15-16,27-28H,11-14,17H2,1-3H3. The van der Waals surface area contributed by atoms with Gasteiger partial charge in [-0.25, -0.2) is 17.5 Å². The fraction of sp³-hybridized carbons (Fsp3) is 0.360. The maximum Gasteiger partial charge on any atom is 0.240 e. The number of hydrogen-bond acceptors (Lipinski definition) is 5. The molecule has 1 fully saturated rings. The third kappa shape index (κ3) is 4.98. The molecule has 4 rings (SSSR count). The molecule has 0 aliphatic carbocycles. The Labute approximate surface area is 194 Å². The first-order chi connectivity index (χ1) is 15.7. The van der Waals surface area contributed by atoms with Crippen LogP contribution in [0.1, 0.15) is 19.4 Å². The van der Waals surface area contributed by atoms with Gasteiger partial charge in [0.2, 0.25) is 10.0 Å². The zero-order valence-corrected chi connectivity index (χ0v) is 20.0. The number of piperazine rings is 1. The van der Waals surface area contributed by atoms with Gasteiger partial charge in [-0.15, -0.1) is 0 Å². The molecule has 0 amide bonds. The highest BCUT2D eigenvalue weighted by molar-refractivity contribution is 7.89. The molecule has 0 aromatic heterocycles. The van der Waals surface area contributed by atoms with Crippen LogP contribution in [-0.2, 0) is 15.4 Å². The molecule has 1 aliphatic rings. The zero-order chi connectivity index (χ0) is 23.6. The summed E-state index contributed by atoms with van der Waals surface area (Å²) in [6.07, 6.45) is 0. The predicted octanol–water partition coefficient (Wildman–Crippen LogP) is 3.65. The number of sulfonamides is 1. The minimum atomic E-state index is -3.77. The number of ether oxygens (including phenoxy) is 1. The van der Waals surface area contributed by atoms with Crippen LogP contribution in [0.3, 0.4) is 0 Å². The van der Waals surface area contributed by atoms with Gasteiger partial charge in [0.15, 0.2) is 0 Å². The summed E-state index contributed by atoms with van der Waals surface area (Å²) in [5, 5.41) is 5.00. The summed E-state index contributed by atoms with van der Waals surface area (Å²) in [6.45, 7) is 7.29. The van der Waals surface area contributed by atoms with E-state index in [1.807, 2.05) is 32.0 Å². The molecule has 0 bridgehead atoms. The number of hydrogen-bond donors (Lipinski definition) is 2. The number of rotatable bonds is 7. The predicted molar refractivity (Wildman–Crippen MR) is 130 cm³/mol. The van der Waals surface area contributed by atoms with E-state index >= 15 is 0 Å². The van der Waals surface area contributed by atoms with Crippen LogP contribution in [-0.4, -0.2) is 48.3 Å². The molecule has 0 spiro atoms. The summed E-state index contributed by atoms with van der Waals surface area (Å²) in [7, 11) is -2.18. The van der Waals surface area contributed by atoms with Crippen molar-refractivity contribution in [3.63, 3.8) is 0 Å². The lowest BCUT2D eigenvalue weighted by molar-refractivity contribution is 0.412. The minimum absolute atomic E-state index is 0.167. The van der Waals surface area contributed by atoms with Crippen molar-refractivity contribution in [3.05, 3.63) is 66.0 Å². The summed E-state index contributed by atoms with van der Waals surface area (Å²) in [5.74, 6) is 0.332. The van der Waals surface area contributed by atoms with Gasteiger partial charge in [-0.1, -0.05) is 38.1 Å². The van der Waals surface area contributed by atoms with E-state index in [-0.39, 0.29) is 17.3 Å². The Balaban J connectivity index is 1.60. The molecule has 1 aliphatic heterocycles. The van der Waals surface area contributed by atoms with Crippen LogP contribution in [0.2, 0.25) is 0 Å². The molecule has 3 aromatic rings. The van der Waals surface area contributed by atoms with E-state index in [0.29, 0.717) is 5.75 Å². The molecule has 0 unspecified atom stereocenters. The van der Waals surface area contributed by atoms with Gasteiger partial charge in [0.1, 0.15) is 11.6 Å². The second-order valence-corrected chi connectivity index (χ2v) is 10.7. The highest BCUT2D eigenvalue weighted by Gasteiger charge is 2.27. The summed E-state index contributed by atoms with van der Waals surface area (Å²) < 4.78 is 48.6. The van der Waals surface area contributed by atoms with Crippen LogP contribution >= 0.6 is 0 Å². The Kier molecular flexibility index (Phi) is 6.61. The van der Waals surface area contributed by atoms with Crippen LogP contribution in [0.5, 0.6) is 5.75 Å². The van der Waals surface area contributed by atoms with Gasteiger partial charge in [0.05, 0.1) is 17.7 Å². The van der Waals surface area contributed by atoms with Gasteiger partial charge in [-0.05, 0) is 46.7 Å². The number of halogens is 1. The topological polar surface area (TPSA) is 70.7 Å². The fourth-order valence-electron chi connectivity index (χ4n) is 4.28. The Bertz CT molecular complexity index is 1250. The first kappa shape index (κ1) is 23.5. The number of anilines is 1. The number of nitrogens with one attached hydrogen (secondary N) is 2. The van der Waals surface area contributed by atoms with Crippen LogP contribution in [0, 0.1) is 5.82 Å². The molecule has 3 aromatic carbocycles. The molecular formula is C25H30FN3O3S. The van der Waals surface area contributed by atoms with Gasteiger partial charge in [0.25, 0.3) is 0 Å². The van der Waals surface area contributed by atoms with Crippen molar-refractivity contribution in [1.82, 2.24) is 10.0 Å². The van der Waals surface area contributed by atoms with Crippen molar-refractivity contribution in [1.29, 1.82) is 0 Å². The maximum atomic E-state index is 13.9. The first-order valence-corrected chi connectivity index (χ1v) is 12.5. The molecule has 0 atom stereocenters. The second kappa shape index (κ2) is 9.29. The summed E-state index contributed by atoms with van der Waals surface area (Å²) in [6, 6.07) is 15.4. The normalized spacial score (nSPS) is 15.1. The fourth-order valence-corrected chi connectivity index (χ4v) is 5.51. The molecule has 6 nitrogen and oxygen atoms in total. The second-order valence-electron chi connectivity index (χ2n) is 8.95. The largest absolute Gasteiger partial charge is 0.495 e. The van der Waals surface area contributed by atoms with Crippen molar-refractivity contribution >= 4 is 26.5 Å². The van der Waals surface area contributed by atoms with Crippen molar-refractivity contribution in [2.75, 3.05) is 44.7 Å². The monoisotopic (exact) mass is 471 g/mol. The lowest BCUT2D eigenvalue weighted by atomic mass is 9.82. The summed E-state index contributed by atoms with van der Waals surface area (Å²) in [5.41, 5.74) is 1.10. The number of nitrogens with zero attached hydrogens (tertiary/aromatic N) is 1. The Hall–Kier alpha value is -2.68. The molecule has 176 valence electrons. The van der Waals surface area contributed by atoms with Crippen molar-refractivity contribution in [2.45, 2.75) is 24.2 Å². The number of benzene rings is 3. The number of methoxy groups -OCH3 is 1. The smallest absolute Gasteiger partial charge is 0.240 e. The molecule has 1 heterocycles. The first-order valence-electron chi connectivity index (χ1n) is 11.0. The molecule has 0 saturated carbocycles. The number of fused-ring (bicyclic) bond motifs is 1. The average Bonchev–Trinajstić information content (AvgIpc) is 2.82. The van der Waals surface area contributed by atoms with E-state index in [0.717, 1.165) is 48.2 Å². The molecule has 8 heteroatoms. The van der Waals surface area contributed by atoms with E-state index in [9.17, 15) is 12.8 Å². The van der Waals surface area contributed by atoms with Gasteiger partial charge < -0.3 is 15.0 Å². The zero-order valence-electron chi connectivity index (χ0n) is 19.2. The van der Waals surface area contributed by atoms with Crippen LogP contribution < -0.4 is 19.7 Å². The van der Waals surface area contributed by atoms with Crippen LogP contribution in [0.15, 0.2) is 59.5 Å². The highest BCUT2D eigenvalue weighted by Crippen LogP contribution is 2.33. The minimum Gasteiger partial charge on any atom is -0.495 e. The molecule has 0 radical (unpaired) electrons. The average molecular weight is 472 g/mol. The van der Waals surface area contributed by atoms with E-state index in [4.69, 9.17) is 4.74 Å². The van der Waals surface area contributed by atoms with Crippen LogP contribution in [0.25, 0.3) is 10.8 Å². The third-order valence-electron chi connectivity index (χ3n) is 6.20. The van der Waals surface area contributed by atoms with Gasteiger partial charge in [0, 0.05) is 38.1 Å². The van der Waals surface area contributed by atoms with Crippen molar-refractivity contribution in [2.24, 2.45) is 0 Å².